The van der Waals surface area contributed by atoms with Crippen molar-refractivity contribution in [1.82, 2.24) is 14.8 Å². The molecule has 1 amide bonds. The second kappa shape index (κ2) is 7.86. The molecule has 0 fully saturated rings. The highest BCUT2D eigenvalue weighted by Crippen LogP contribution is 2.44. The van der Waals surface area contributed by atoms with Crippen LogP contribution >= 0.6 is 11.3 Å². The lowest BCUT2D eigenvalue weighted by Gasteiger charge is -2.33. The molecule has 3 heterocycles. The molecule has 0 aromatic carbocycles. The van der Waals surface area contributed by atoms with Crippen LogP contribution in [-0.2, 0) is 12.8 Å². The highest BCUT2D eigenvalue weighted by molar-refractivity contribution is 7.16. The van der Waals surface area contributed by atoms with Crippen molar-refractivity contribution in [3.8, 4) is 6.07 Å². The van der Waals surface area contributed by atoms with Gasteiger partial charge in [0.05, 0.1) is 5.56 Å². The van der Waals surface area contributed by atoms with E-state index in [-0.39, 0.29) is 29.7 Å². The molecule has 4 rings (SSSR count). The van der Waals surface area contributed by atoms with Gasteiger partial charge >= 0.3 is 0 Å². The second-order valence-corrected chi connectivity index (χ2v) is 10.6. The van der Waals surface area contributed by atoms with Gasteiger partial charge in [-0.25, -0.2) is 13.5 Å². The number of hydrogen-bond acceptors (Lipinski definition) is 6. The van der Waals surface area contributed by atoms with E-state index in [4.69, 9.17) is 0 Å². The fourth-order valence-electron chi connectivity index (χ4n) is 4.39. The zero-order valence-electron chi connectivity index (χ0n) is 18.0. The highest BCUT2D eigenvalue weighted by atomic mass is 32.1. The molecule has 2 aliphatic rings. The normalized spacial score (nSPS) is 23.0. The lowest BCUT2D eigenvalue weighted by atomic mass is 9.72. The van der Waals surface area contributed by atoms with E-state index in [1.807, 2.05) is 0 Å². The zero-order valence-corrected chi connectivity index (χ0v) is 18.8. The van der Waals surface area contributed by atoms with Gasteiger partial charge in [0.25, 0.3) is 12.3 Å². The molecule has 31 heavy (non-hydrogen) atoms. The number of aromatic nitrogens is 3. The van der Waals surface area contributed by atoms with Gasteiger partial charge in [-0.15, -0.1) is 16.4 Å². The van der Waals surface area contributed by atoms with E-state index >= 15 is 0 Å². The SMILES string of the molecule is C[C@@H]1C[C@H](C(F)F)n2nc(C(=O)Nc3sc4c(c3C#N)CC[C@@H](C(C)(C)C)C4)nc2N1. The Labute approximate surface area is 183 Å². The highest BCUT2D eigenvalue weighted by Gasteiger charge is 2.35. The molecule has 2 aromatic heterocycles. The molecule has 166 valence electrons. The summed E-state index contributed by atoms with van der Waals surface area (Å²) in [7, 11) is 0. The average Bonchev–Trinajstić information content (AvgIpc) is 3.26. The molecule has 3 atom stereocenters. The largest absolute Gasteiger partial charge is 0.352 e. The third kappa shape index (κ3) is 4.03. The number of nitrogens with zero attached hydrogens (tertiary/aromatic N) is 4. The van der Waals surface area contributed by atoms with Gasteiger partial charge in [-0.1, -0.05) is 20.8 Å². The van der Waals surface area contributed by atoms with Crippen molar-refractivity contribution in [1.29, 1.82) is 5.26 Å². The first-order valence-corrected chi connectivity index (χ1v) is 11.3. The fourth-order valence-corrected chi connectivity index (χ4v) is 5.66. The Morgan fingerprint density at radius 3 is 2.81 bits per heavy atom. The number of carbonyl (C=O) groups excluding carboxylic acids is 1. The fraction of sp³-hybridized carbons (Fsp3) is 0.619. The Hall–Kier alpha value is -2.54. The number of hydrogen-bond donors (Lipinski definition) is 2. The number of amides is 1. The molecule has 0 unspecified atom stereocenters. The van der Waals surface area contributed by atoms with E-state index in [1.54, 1.807) is 6.92 Å². The van der Waals surface area contributed by atoms with E-state index in [2.05, 4.69) is 47.6 Å². The topological polar surface area (TPSA) is 95.6 Å². The predicted octanol–water partition coefficient (Wildman–Crippen LogP) is 4.62. The zero-order chi connectivity index (χ0) is 22.5. The standard InChI is InChI=1S/C21H26F2N6OS/c1-10-7-14(16(22)23)29-20(25-10)26-17(28-29)18(30)27-19-13(9-24)12-6-5-11(21(2,3)4)8-15(12)31-19/h10-11,14,16H,5-8H2,1-4H3,(H,27,30)(H,25,26,28)/t10-,11-,14-/m1/s1. The van der Waals surface area contributed by atoms with Crippen molar-refractivity contribution >= 4 is 28.2 Å². The van der Waals surface area contributed by atoms with Crippen molar-refractivity contribution in [3.05, 3.63) is 21.8 Å². The molecule has 0 bridgehead atoms. The number of alkyl halides is 2. The van der Waals surface area contributed by atoms with Gasteiger partial charge in [0.1, 0.15) is 17.1 Å². The van der Waals surface area contributed by atoms with Crippen LogP contribution in [0.3, 0.4) is 0 Å². The average molecular weight is 449 g/mol. The van der Waals surface area contributed by atoms with Crippen LogP contribution in [0.25, 0.3) is 0 Å². The van der Waals surface area contributed by atoms with Crippen molar-refractivity contribution in [2.45, 2.75) is 71.9 Å². The van der Waals surface area contributed by atoms with Crippen LogP contribution < -0.4 is 10.6 Å². The summed E-state index contributed by atoms with van der Waals surface area (Å²) in [5.74, 6) is -0.125. The molecule has 0 spiro atoms. The number of nitrogens with one attached hydrogen (secondary N) is 2. The van der Waals surface area contributed by atoms with E-state index in [0.29, 0.717) is 16.5 Å². The summed E-state index contributed by atoms with van der Waals surface area (Å²) < 4.78 is 27.9. The maximum absolute atomic E-state index is 13.4. The maximum Gasteiger partial charge on any atom is 0.296 e. The summed E-state index contributed by atoms with van der Waals surface area (Å²) in [6.07, 6.45) is 0.277. The van der Waals surface area contributed by atoms with Gasteiger partial charge in [-0.2, -0.15) is 10.2 Å². The quantitative estimate of drug-likeness (QED) is 0.714. The van der Waals surface area contributed by atoms with Crippen LogP contribution in [0.4, 0.5) is 19.7 Å². The lowest BCUT2D eigenvalue weighted by molar-refractivity contribution is 0.0662. The van der Waals surface area contributed by atoms with Crippen LogP contribution in [0.5, 0.6) is 0 Å². The molecule has 10 heteroatoms. The Morgan fingerprint density at radius 2 is 2.16 bits per heavy atom. The number of thiophene rings is 1. The number of rotatable bonds is 3. The van der Waals surface area contributed by atoms with Gasteiger partial charge in [0, 0.05) is 10.9 Å². The number of carbonyl (C=O) groups is 1. The Morgan fingerprint density at radius 1 is 1.42 bits per heavy atom. The molecule has 7 nitrogen and oxygen atoms in total. The molecule has 0 saturated carbocycles. The summed E-state index contributed by atoms with van der Waals surface area (Å²) in [4.78, 5) is 18.1. The van der Waals surface area contributed by atoms with Gasteiger partial charge in [-0.05, 0) is 49.5 Å². The molecular formula is C21H26F2N6OS. The second-order valence-electron chi connectivity index (χ2n) is 9.47. The van der Waals surface area contributed by atoms with Crippen LogP contribution in [0, 0.1) is 22.7 Å². The summed E-state index contributed by atoms with van der Waals surface area (Å²) >= 11 is 1.42. The van der Waals surface area contributed by atoms with Crippen LogP contribution in [0.1, 0.15) is 73.2 Å². The van der Waals surface area contributed by atoms with Crippen molar-refractivity contribution in [2.24, 2.45) is 11.3 Å². The van der Waals surface area contributed by atoms with E-state index < -0.39 is 18.4 Å². The Balaban J connectivity index is 1.59. The summed E-state index contributed by atoms with van der Waals surface area (Å²) in [6, 6.07) is 0.905. The Bertz CT molecular complexity index is 1050. The summed E-state index contributed by atoms with van der Waals surface area (Å²) in [5.41, 5.74) is 1.67. The monoisotopic (exact) mass is 448 g/mol. The van der Waals surface area contributed by atoms with Gasteiger partial charge in [0.2, 0.25) is 11.8 Å². The first-order chi connectivity index (χ1) is 14.6. The first kappa shape index (κ1) is 21.7. The minimum absolute atomic E-state index is 0.160. The predicted molar refractivity (Wildman–Crippen MR) is 115 cm³/mol. The number of nitriles is 1. The van der Waals surface area contributed by atoms with Gasteiger partial charge < -0.3 is 10.6 Å². The first-order valence-electron chi connectivity index (χ1n) is 10.5. The summed E-state index contributed by atoms with van der Waals surface area (Å²) in [5, 5.41) is 20.0. The number of fused-ring (bicyclic) bond motifs is 2. The minimum atomic E-state index is -2.61. The third-order valence-electron chi connectivity index (χ3n) is 6.24. The summed E-state index contributed by atoms with van der Waals surface area (Å²) in [6.45, 7) is 8.45. The molecule has 2 aromatic rings. The van der Waals surface area contributed by atoms with Gasteiger partial charge in [-0.3, -0.25) is 4.79 Å². The van der Waals surface area contributed by atoms with Crippen LogP contribution in [-0.4, -0.2) is 33.1 Å². The Kier molecular flexibility index (Phi) is 5.50. The van der Waals surface area contributed by atoms with Crippen molar-refractivity contribution in [2.75, 3.05) is 10.6 Å². The smallest absolute Gasteiger partial charge is 0.296 e. The van der Waals surface area contributed by atoms with Gasteiger partial charge in [0.15, 0.2) is 0 Å². The molecule has 1 aliphatic heterocycles. The minimum Gasteiger partial charge on any atom is -0.352 e. The molecular weight excluding hydrogens is 422 g/mol. The van der Waals surface area contributed by atoms with Crippen LogP contribution in [0.2, 0.25) is 0 Å². The van der Waals surface area contributed by atoms with E-state index in [0.717, 1.165) is 34.4 Å². The number of halogens is 2. The molecule has 1 aliphatic carbocycles. The van der Waals surface area contributed by atoms with Crippen molar-refractivity contribution in [3.63, 3.8) is 0 Å². The molecule has 0 saturated heterocycles. The van der Waals surface area contributed by atoms with Crippen molar-refractivity contribution < 1.29 is 13.6 Å². The third-order valence-corrected chi connectivity index (χ3v) is 7.41. The molecule has 0 radical (unpaired) electrons. The lowest BCUT2D eigenvalue weighted by Crippen LogP contribution is -2.33. The molecule has 2 N–H and O–H groups in total. The van der Waals surface area contributed by atoms with Crippen LogP contribution in [0.15, 0.2) is 0 Å². The van der Waals surface area contributed by atoms with E-state index in [1.165, 1.54) is 11.3 Å². The van der Waals surface area contributed by atoms with E-state index in [9.17, 15) is 18.8 Å². The maximum atomic E-state index is 13.4. The number of anilines is 2.